The summed E-state index contributed by atoms with van der Waals surface area (Å²) in [6, 6.07) is 25.9. The van der Waals surface area contributed by atoms with E-state index >= 15 is 0 Å². The summed E-state index contributed by atoms with van der Waals surface area (Å²) >= 11 is 0. The fraction of sp³-hybridized carbons (Fsp3) is 0.368. The summed E-state index contributed by atoms with van der Waals surface area (Å²) in [5.41, 5.74) is 5.82. The largest absolute Gasteiger partial charge is 0.453 e. The van der Waals surface area contributed by atoms with Crippen LogP contribution in [0.1, 0.15) is 54.9 Å². The predicted octanol–water partition coefficient (Wildman–Crippen LogP) is 4.57. The molecule has 4 atom stereocenters. The van der Waals surface area contributed by atoms with Crippen LogP contribution in [0.4, 0.5) is 5.95 Å². The number of esters is 1. The molecule has 2 aliphatic heterocycles. The number of anilines is 1. The second-order valence-corrected chi connectivity index (χ2v) is 12.5. The van der Waals surface area contributed by atoms with Gasteiger partial charge >= 0.3 is 5.97 Å². The number of aliphatic hydroxyl groups excluding tert-OH is 1. The molecule has 2 fully saturated rings. The first-order valence-electron chi connectivity index (χ1n) is 16.7. The maximum Gasteiger partial charge on any atom is 0.303 e. The summed E-state index contributed by atoms with van der Waals surface area (Å²) in [5, 5.41) is 12.4. The normalized spacial score (nSPS) is 20.4. The first-order valence-corrected chi connectivity index (χ1v) is 16.7. The lowest BCUT2D eigenvalue weighted by Crippen LogP contribution is -2.50. The Labute approximate surface area is 286 Å². The highest BCUT2D eigenvalue weighted by Crippen LogP contribution is 2.39. The molecule has 49 heavy (non-hydrogen) atoms. The van der Waals surface area contributed by atoms with Crippen molar-refractivity contribution >= 4 is 17.8 Å². The molecule has 256 valence electrons. The number of carbonyl (C=O) groups excluding carboxylic acids is 2. The van der Waals surface area contributed by atoms with Gasteiger partial charge in [-0.25, -0.2) is 9.97 Å². The quantitative estimate of drug-likeness (QED) is 0.220. The zero-order chi connectivity index (χ0) is 34.2. The van der Waals surface area contributed by atoms with Crippen LogP contribution in [0.25, 0.3) is 11.1 Å². The number of nitrogens with zero attached hydrogens (tertiary/aromatic N) is 4. The van der Waals surface area contributed by atoms with Gasteiger partial charge in [0.1, 0.15) is 0 Å². The van der Waals surface area contributed by atoms with E-state index in [0.717, 1.165) is 78.5 Å². The summed E-state index contributed by atoms with van der Waals surface area (Å²) in [7, 11) is 0. The number of aromatic nitrogens is 2. The van der Waals surface area contributed by atoms with Crippen LogP contribution in [0.2, 0.25) is 0 Å². The summed E-state index contributed by atoms with van der Waals surface area (Å²) in [5.74, 6) is -0.0699. The van der Waals surface area contributed by atoms with Crippen LogP contribution >= 0.6 is 0 Å². The molecule has 11 nitrogen and oxygen atoms in total. The number of hydrogen-bond donors (Lipinski definition) is 2. The van der Waals surface area contributed by atoms with Crippen molar-refractivity contribution in [2.75, 3.05) is 37.6 Å². The molecule has 2 saturated heterocycles. The van der Waals surface area contributed by atoms with Gasteiger partial charge in [0, 0.05) is 70.6 Å². The number of ether oxygens (including phenoxy) is 3. The van der Waals surface area contributed by atoms with Crippen molar-refractivity contribution < 1.29 is 28.9 Å². The van der Waals surface area contributed by atoms with E-state index in [1.54, 1.807) is 19.3 Å². The Morgan fingerprint density at radius 1 is 0.898 bits per heavy atom. The van der Waals surface area contributed by atoms with Gasteiger partial charge in [0.25, 0.3) is 5.91 Å². The summed E-state index contributed by atoms with van der Waals surface area (Å²) in [6.45, 7) is 7.42. The van der Waals surface area contributed by atoms with Crippen LogP contribution in [0.3, 0.4) is 0 Å². The minimum atomic E-state index is -0.850. The number of piperazine rings is 1. The molecule has 3 aromatic carbocycles. The Hall–Kier alpha value is -4.68. The molecule has 2 aliphatic rings. The number of carbonyl (C=O) groups is 2. The van der Waals surface area contributed by atoms with Gasteiger partial charge in [0.05, 0.1) is 18.8 Å². The molecule has 0 saturated carbocycles. The second kappa shape index (κ2) is 16.1. The van der Waals surface area contributed by atoms with Crippen molar-refractivity contribution in [1.82, 2.24) is 20.2 Å². The molecular weight excluding hydrogens is 622 g/mol. The van der Waals surface area contributed by atoms with Gasteiger partial charge in [-0.05, 0) is 46.9 Å². The Kier molecular flexibility index (Phi) is 11.3. The van der Waals surface area contributed by atoms with Crippen LogP contribution in [-0.2, 0) is 37.0 Å². The summed E-state index contributed by atoms with van der Waals surface area (Å²) < 4.78 is 18.2. The third-order valence-corrected chi connectivity index (χ3v) is 8.91. The van der Waals surface area contributed by atoms with Gasteiger partial charge in [0.15, 0.2) is 12.4 Å². The van der Waals surface area contributed by atoms with E-state index in [9.17, 15) is 14.7 Å². The molecule has 0 unspecified atom stereocenters. The van der Waals surface area contributed by atoms with Gasteiger partial charge in [-0.2, -0.15) is 0 Å². The van der Waals surface area contributed by atoms with Crippen LogP contribution in [0.5, 0.6) is 0 Å². The van der Waals surface area contributed by atoms with E-state index in [4.69, 9.17) is 14.2 Å². The minimum absolute atomic E-state index is 0.000650. The Balaban J connectivity index is 1.13. The fourth-order valence-corrected chi connectivity index (χ4v) is 6.23. The lowest BCUT2D eigenvalue weighted by Gasteiger charge is -2.40. The molecule has 2 N–H and O–H groups in total. The topological polar surface area (TPSA) is 126 Å². The smallest absolute Gasteiger partial charge is 0.303 e. The van der Waals surface area contributed by atoms with Crippen molar-refractivity contribution in [1.29, 1.82) is 0 Å². The van der Waals surface area contributed by atoms with Gasteiger partial charge in [-0.3, -0.25) is 14.5 Å². The van der Waals surface area contributed by atoms with E-state index in [1.165, 1.54) is 6.92 Å². The molecule has 1 amide bonds. The maximum absolute atomic E-state index is 12.3. The van der Waals surface area contributed by atoms with Gasteiger partial charge in [0.2, 0.25) is 5.95 Å². The number of aliphatic hydroxyl groups is 1. The third kappa shape index (κ3) is 9.07. The highest BCUT2D eigenvalue weighted by Gasteiger charge is 2.34. The summed E-state index contributed by atoms with van der Waals surface area (Å²) in [6.07, 6.45) is 2.67. The fourth-order valence-electron chi connectivity index (χ4n) is 6.23. The van der Waals surface area contributed by atoms with Crippen LogP contribution < -0.4 is 10.2 Å². The van der Waals surface area contributed by atoms with Crippen molar-refractivity contribution in [2.45, 2.75) is 58.0 Å². The van der Waals surface area contributed by atoms with Gasteiger partial charge < -0.3 is 29.5 Å². The molecule has 0 aliphatic carbocycles. The first-order chi connectivity index (χ1) is 23.8. The zero-order valence-electron chi connectivity index (χ0n) is 27.9. The molecule has 11 heteroatoms. The van der Waals surface area contributed by atoms with E-state index in [1.807, 2.05) is 66.7 Å². The summed E-state index contributed by atoms with van der Waals surface area (Å²) in [4.78, 5) is 37.0. The lowest BCUT2D eigenvalue weighted by atomic mass is 9.98. The van der Waals surface area contributed by atoms with Crippen LogP contribution in [0.15, 0.2) is 91.3 Å². The number of rotatable bonds is 11. The maximum atomic E-state index is 12.3. The lowest BCUT2D eigenvalue weighted by molar-refractivity contribution is -0.253. The first kappa shape index (κ1) is 34.2. The van der Waals surface area contributed by atoms with Crippen molar-refractivity contribution in [3.8, 4) is 11.1 Å². The molecule has 0 spiro atoms. The molecule has 6 rings (SSSR count). The third-order valence-electron chi connectivity index (χ3n) is 8.91. The minimum Gasteiger partial charge on any atom is -0.453 e. The monoisotopic (exact) mass is 665 g/mol. The molecule has 0 bridgehead atoms. The number of benzene rings is 3. The Morgan fingerprint density at radius 3 is 2.31 bits per heavy atom. The predicted molar refractivity (Wildman–Crippen MR) is 184 cm³/mol. The second-order valence-electron chi connectivity index (χ2n) is 12.5. The number of nitrogens with one attached hydrogen (secondary N) is 1. The highest BCUT2D eigenvalue weighted by molar-refractivity contribution is 5.82. The molecular formula is C38H43N5O6. The number of hydrogen-bond acceptors (Lipinski definition) is 10. The molecule has 0 radical (unpaired) electrons. The average molecular weight is 666 g/mol. The van der Waals surface area contributed by atoms with Crippen LogP contribution in [0, 0.1) is 0 Å². The van der Waals surface area contributed by atoms with Gasteiger partial charge in [-0.15, -0.1) is 0 Å². The van der Waals surface area contributed by atoms with Crippen molar-refractivity contribution in [2.24, 2.45) is 0 Å². The van der Waals surface area contributed by atoms with E-state index in [2.05, 4.69) is 37.2 Å². The van der Waals surface area contributed by atoms with Crippen LogP contribution in [-0.4, -0.2) is 76.8 Å². The van der Waals surface area contributed by atoms with E-state index < -0.39 is 18.4 Å². The average Bonchev–Trinajstić information content (AvgIpc) is 3.14. The molecule has 1 aromatic heterocycles. The van der Waals surface area contributed by atoms with E-state index in [0.29, 0.717) is 6.54 Å². The van der Waals surface area contributed by atoms with Crippen molar-refractivity contribution in [3.05, 3.63) is 114 Å². The van der Waals surface area contributed by atoms with E-state index in [-0.39, 0.29) is 24.7 Å². The molecule has 4 aromatic rings. The highest BCUT2D eigenvalue weighted by atomic mass is 16.7. The van der Waals surface area contributed by atoms with Crippen molar-refractivity contribution in [3.63, 3.8) is 0 Å². The standard InChI is InChI=1S/C38H43N5O6/c1-26(47-27(2)45)36(46)41-23-29-5-3-6-33(21-29)30-11-13-32(14-12-30)37-48-34(22-35(49-37)31-9-7-28(25-44)8-10-31)24-42-17-19-43(20-18-42)38-39-15-4-16-40-38/h3-16,21,26,34-35,37,44H,17-20,22-25H2,1-2H3,(H,41,46)/t26-,34+,35-,37-/m0/s1. The Morgan fingerprint density at radius 2 is 1.61 bits per heavy atom. The molecule has 3 heterocycles. The zero-order valence-corrected chi connectivity index (χ0v) is 27.9. The SMILES string of the molecule is CC(=O)O[C@@H](C)C(=O)NCc1cccc(-c2ccc([C@H]3O[C@@H](CN4CCN(c5ncccn5)CC4)C[C@@H](c4ccc(CO)cc4)O3)cc2)c1. The Bertz CT molecular complexity index is 1680. The van der Waals surface area contributed by atoms with Gasteiger partial charge in [-0.1, -0.05) is 66.7 Å². The number of amides is 1.